The molecule has 0 bridgehead atoms. The van der Waals surface area contributed by atoms with Crippen molar-refractivity contribution in [2.75, 3.05) is 19.7 Å². The Kier molecular flexibility index (Phi) is 7.63. The van der Waals surface area contributed by atoms with Gasteiger partial charge in [-0.25, -0.2) is 9.59 Å². The third-order valence-corrected chi connectivity index (χ3v) is 4.69. The molecule has 3 N–H and O–H groups in total. The fraction of sp³-hybridized carbons (Fsp3) is 0.786. The molecule has 1 heterocycles. The van der Waals surface area contributed by atoms with Gasteiger partial charge in [-0.1, -0.05) is 0 Å². The number of nitrogens with one attached hydrogen (secondary N) is 2. The standard InChI is InChI=1S/C14H25N3O8S/c1-14(2,3)25-12(20)15-7-5-4-6-10(11(18)19)16-26(22,23)17-8-9-24-13(17)21/h10,16H,4-9H2,1-3H3,(H,15,20)(H,18,19)/t10-/m0/s1. The molecule has 0 aromatic heterocycles. The van der Waals surface area contributed by atoms with E-state index in [0.29, 0.717) is 17.1 Å². The summed E-state index contributed by atoms with van der Waals surface area (Å²) in [5.74, 6) is -1.36. The summed E-state index contributed by atoms with van der Waals surface area (Å²) in [7, 11) is -4.29. The number of nitrogens with zero attached hydrogens (tertiary/aromatic N) is 1. The topological polar surface area (TPSA) is 151 Å². The number of carboxylic acid groups (broad SMARTS) is 1. The Labute approximate surface area is 152 Å². The van der Waals surface area contributed by atoms with Gasteiger partial charge in [0.2, 0.25) is 0 Å². The third-order valence-electron chi connectivity index (χ3n) is 3.19. The van der Waals surface area contributed by atoms with Crippen molar-refractivity contribution in [3.63, 3.8) is 0 Å². The van der Waals surface area contributed by atoms with E-state index in [-0.39, 0.29) is 26.1 Å². The van der Waals surface area contributed by atoms with E-state index in [0.717, 1.165) is 0 Å². The summed E-state index contributed by atoms with van der Waals surface area (Å²) >= 11 is 0. The molecule has 26 heavy (non-hydrogen) atoms. The van der Waals surface area contributed by atoms with Crippen LogP contribution in [0.25, 0.3) is 0 Å². The fourth-order valence-electron chi connectivity index (χ4n) is 2.05. The zero-order valence-corrected chi connectivity index (χ0v) is 15.8. The van der Waals surface area contributed by atoms with Crippen molar-refractivity contribution < 1.29 is 37.4 Å². The first-order valence-corrected chi connectivity index (χ1v) is 9.53. The number of hydrogen-bond acceptors (Lipinski definition) is 7. The second-order valence-electron chi connectivity index (χ2n) is 6.62. The van der Waals surface area contributed by atoms with Crippen LogP contribution >= 0.6 is 0 Å². The Hall–Kier alpha value is -2.08. The molecule has 0 radical (unpaired) electrons. The summed E-state index contributed by atoms with van der Waals surface area (Å²) in [5, 5.41) is 11.7. The van der Waals surface area contributed by atoms with Gasteiger partial charge in [0.05, 0.1) is 6.54 Å². The highest BCUT2D eigenvalue weighted by molar-refractivity contribution is 7.87. The maximum absolute atomic E-state index is 12.0. The number of hydrogen-bond donors (Lipinski definition) is 3. The summed E-state index contributed by atoms with van der Waals surface area (Å²) in [6.45, 7) is 5.20. The van der Waals surface area contributed by atoms with Crippen molar-refractivity contribution in [2.24, 2.45) is 0 Å². The van der Waals surface area contributed by atoms with Crippen LogP contribution in [-0.4, -0.2) is 67.3 Å². The Morgan fingerprint density at radius 2 is 2.00 bits per heavy atom. The summed E-state index contributed by atoms with van der Waals surface area (Å²) in [6, 6.07) is -1.39. The molecule has 150 valence electrons. The van der Waals surface area contributed by atoms with Gasteiger partial charge in [0, 0.05) is 6.54 Å². The minimum Gasteiger partial charge on any atom is -0.480 e. The van der Waals surface area contributed by atoms with E-state index >= 15 is 0 Å². The fourth-order valence-corrected chi connectivity index (χ4v) is 3.32. The van der Waals surface area contributed by atoms with Crippen molar-refractivity contribution >= 4 is 28.4 Å². The van der Waals surface area contributed by atoms with Crippen LogP contribution in [0.1, 0.15) is 40.0 Å². The van der Waals surface area contributed by atoms with Gasteiger partial charge in [0.15, 0.2) is 0 Å². The second kappa shape index (κ2) is 9.03. The van der Waals surface area contributed by atoms with Gasteiger partial charge in [-0.2, -0.15) is 17.4 Å². The smallest absolute Gasteiger partial charge is 0.424 e. The van der Waals surface area contributed by atoms with Crippen molar-refractivity contribution in [3.05, 3.63) is 0 Å². The lowest BCUT2D eigenvalue weighted by Gasteiger charge is -2.20. The number of carbonyl (C=O) groups excluding carboxylic acids is 2. The average molecular weight is 395 g/mol. The normalized spacial score (nSPS) is 16.1. The largest absolute Gasteiger partial charge is 0.480 e. The monoisotopic (exact) mass is 395 g/mol. The molecular formula is C14H25N3O8S. The molecule has 0 saturated carbocycles. The van der Waals surface area contributed by atoms with E-state index < -0.39 is 40.0 Å². The van der Waals surface area contributed by atoms with Crippen LogP contribution in [0.15, 0.2) is 0 Å². The Bertz CT molecular complexity index is 629. The third kappa shape index (κ3) is 7.44. The summed E-state index contributed by atoms with van der Waals surface area (Å²) in [4.78, 5) is 34.0. The lowest BCUT2D eigenvalue weighted by atomic mass is 10.1. The maximum Gasteiger partial charge on any atom is 0.424 e. The molecule has 0 unspecified atom stereocenters. The SMILES string of the molecule is CC(C)(C)OC(=O)NCCCC[C@H](NS(=O)(=O)N1CCOC1=O)C(=O)O. The molecule has 1 aliphatic heterocycles. The first-order valence-electron chi connectivity index (χ1n) is 8.09. The Balaban J connectivity index is 2.41. The van der Waals surface area contributed by atoms with Gasteiger partial charge in [-0.05, 0) is 40.0 Å². The van der Waals surface area contributed by atoms with Gasteiger partial charge in [0.1, 0.15) is 18.2 Å². The zero-order chi connectivity index (χ0) is 20.0. The molecule has 0 aromatic rings. The first-order chi connectivity index (χ1) is 11.9. The predicted molar refractivity (Wildman–Crippen MR) is 89.6 cm³/mol. The minimum atomic E-state index is -4.29. The predicted octanol–water partition coefficient (Wildman–Crippen LogP) is 0.421. The molecule has 1 fully saturated rings. The number of carbonyl (C=O) groups is 3. The Morgan fingerprint density at radius 3 is 2.50 bits per heavy atom. The van der Waals surface area contributed by atoms with Crippen molar-refractivity contribution in [2.45, 2.75) is 51.7 Å². The zero-order valence-electron chi connectivity index (χ0n) is 15.0. The number of cyclic esters (lactones) is 1. The molecule has 1 rings (SSSR count). The van der Waals surface area contributed by atoms with Crippen molar-refractivity contribution in [1.29, 1.82) is 0 Å². The molecule has 1 saturated heterocycles. The number of alkyl carbamates (subject to hydrolysis) is 1. The van der Waals surface area contributed by atoms with Crippen LogP contribution in [0.2, 0.25) is 0 Å². The van der Waals surface area contributed by atoms with Crippen LogP contribution in [0.3, 0.4) is 0 Å². The van der Waals surface area contributed by atoms with Crippen LogP contribution in [0.4, 0.5) is 9.59 Å². The Morgan fingerprint density at radius 1 is 1.35 bits per heavy atom. The van der Waals surface area contributed by atoms with E-state index in [1.165, 1.54) is 0 Å². The molecular weight excluding hydrogens is 370 g/mol. The van der Waals surface area contributed by atoms with E-state index in [1.807, 2.05) is 4.72 Å². The highest BCUT2D eigenvalue weighted by Gasteiger charge is 2.36. The summed E-state index contributed by atoms with van der Waals surface area (Å²) in [6.07, 6.45) is -0.868. The molecule has 0 aliphatic carbocycles. The summed E-state index contributed by atoms with van der Waals surface area (Å²) in [5.41, 5.74) is -0.618. The number of amides is 2. The van der Waals surface area contributed by atoms with Crippen LogP contribution in [0.5, 0.6) is 0 Å². The molecule has 12 heteroatoms. The quantitative estimate of drug-likeness (QED) is 0.475. The molecule has 1 atom stereocenters. The van der Waals surface area contributed by atoms with Crippen molar-refractivity contribution in [3.8, 4) is 0 Å². The van der Waals surface area contributed by atoms with E-state index in [1.54, 1.807) is 20.8 Å². The molecule has 2 amide bonds. The van der Waals surface area contributed by atoms with E-state index in [9.17, 15) is 22.8 Å². The molecule has 11 nitrogen and oxygen atoms in total. The van der Waals surface area contributed by atoms with Crippen molar-refractivity contribution in [1.82, 2.24) is 14.3 Å². The van der Waals surface area contributed by atoms with Crippen LogP contribution < -0.4 is 10.0 Å². The van der Waals surface area contributed by atoms with Crippen LogP contribution in [0, 0.1) is 0 Å². The number of rotatable bonds is 9. The maximum atomic E-state index is 12.0. The highest BCUT2D eigenvalue weighted by Crippen LogP contribution is 2.11. The van der Waals surface area contributed by atoms with E-state index in [4.69, 9.17) is 9.84 Å². The molecule has 0 aromatic carbocycles. The lowest BCUT2D eigenvalue weighted by Crippen LogP contribution is -2.48. The van der Waals surface area contributed by atoms with Crippen LogP contribution in [-0.2, 0) is 24.5 Å². The average Bonchev–Trinajstić information content (AvgIpc) is 2.90. The number of aliphatic carboxylic acids is 1. The molecule has 0 spiro atoms. The first kappa shape index (κ1) is 22.0. The lowest BCUT2D eigenvalue weighted by molar-refractivity contribution is -0.139. The number of ether oxygens (including phenoxy) is 2. The number of unbranched alkanes of at least 4 members (excludes halogenated alkanes) is 1. The second-order valence-corrected chi connectivity index (χ2v) is 8.25. The van der Waals surface area contributed by atoms with Gasteiger partial charge < -0.3 is 19.9 Å². The molecule has 1 aliphatic rings. The van der Waals surface area contributed by atoms with E-state index in [2.05, 4.69) is 10.1 Å². The van der Waals surface area contributed by atoms with Gasteiger partial charge in [0.25, 0.3) is 0 Å². The van der Waals surface area contributed by atoms with Gasteiger partial charge in [-0.15, -0.1) is 0 Å². The van der Waals surface area contributed by atoms with Gasteiger partial charge in [-0.3, -0.25) is 4.79 Å². The number of carboxylic acids is 1. The summed E-state index contributed by atoms with van der Waals surface area (Å²) < 4.78 is 36.1. The highest BCUT2D eigenvalue weighted by atomic mass is 32.2. The minimum absolute atomic E-state index is 0.00650. The van der Waals surface area contributed by atoms with Gasteiger partial charge >= 0.3 is 28.4 Å².